The standard InChI is InChI=1S/C9H13FN2O/c1-13-5-9(12)7-4-6(11)2-3-8(7)10/h2-4,9H,5,11-12H2,1H3/t9-/m0/s1. The maximum atomic E-state index is 13.2. The molecule has 0 unspecified atom stereocenters. The van der Waals surface area contributed by atoms with Gasteiger partial charge >= 0.3 is 0 Å². The molecule has 0 amide bonds. The van der Waals surface area contributed by atoms with Gasteiger partial charge in [0.1, 0.15) is 5.82 Å². The van der Waals surface area contributed by atoms with Crippen molar-refractivity contribution in [2.75, 3.05) is 19.5 Å². The molecule has 0 bridgehead atoms. The van der Waals surface area contributed by atoms with E-state index in [0.29, 0.717) is 11.3 Å². The summed E-state index contributed by atoms with van der Waals surface area (Å²) in [5, 5.41) is 0. The van der Waals surface area contributed by atoms with Crippen LogP contribution in [0.3, 0.4) is 0 Å². The normalized spacial score (nSPS) is 12.8. The Kier molecular flexibility index (Phi) is 3.22. The second-order valence-electron chi connectivity index (χ2n) is 2.84. The minimum absolute atomic E-state index is 0.278. The second-order valence-corrected chi connectivity index (χ2v) is 2.84. The first-order valence-electron chi connectivity index (χ1n) is 3.94. The molecule has 0 aliphatic carbocycles. The Hall–Kier alpha value is -1.13. The molecule has 0 aromatic heterocycles. The van der Waals surface area contributed by atoms with Crippen molar-refractivity contribution in [1.29, 1.82) is 0 Å². The zero-order valence-corrected chi connectivity index (χ0v) is 7.46. The van der Waals surface area contributed by atoms with Gasteiger partial charge in [-0.25, -0.2) is 4.39 Å². The fourth-order valence-electron chi connectivity index (χ4n) is 1.12. The van der Waals surface area contributed by atoms with Gasteiger partial charge < -0.3 is 16.2 Å². The van der Waals surface area contributed by atoms with Gasteiger partial charge in [0.15, 0.2) is 0 Å². The van der Waals surface area contributed by atoms with E-state index in [0.717, 1.165) is 0 Å². The fraction of sp³-hybridized carbons (Fsp3) is 0.333. The Labute approximate surface area is 76.5 Å². The molecule has 0 aliphatic heterocycles. The van der Waals surface area contributed by atoms with E-state index < -0.39 is 6.04 Å². The number of anilines is 1. The van der Waals surface area contributed by atoms with Crippen molar-refractivity contribution in [3.63, 3.8) is 0 Å². The number of rotatable bonds is 3. The number of hydrogen-bond donors (Lipinski definition) is 2. The van der Waals surface area contributed by atoms with Crippen molar-refractivity contribution in [2.45, 2.75) is 6.04 Å². The summed E-state index contributed by atoms with van der Waals surface area (Å²) in [5.74, 6) is -0.348. The number of methoxy groups -OCH3 is 1. The molecule has 0 saturated carbocycles. The molecule has 1 aromatic carbocycles. The molecule has 1 rings (SSSR count). The van der Waals surface area contributed by atoms with Gasteiger partial charge in [-0.1, -0.05) is 0 Å². The highest BCUT2D eigenvalue weighted by atomic mass is 19.1. The molecule has 0 heterocycles. The van der Waals surface area contributed by atoms with Crippen molar-refractivity contribution in [2.24, 2.45) is 5.73 Å². The maximum Gasteiger partial charge on any atom is 0.128 e. The molecule has 1 aromatic rings. The molecule has 4 N–H and O–H groups in total. The van der Waals surface area contributed by atoms with Crippen LogP contribution >= 0.6 is 0 Å². The van der Waals surface area contributed by atoms with Gasteiger partial charge in [0.25, 0.3) is 0 Å². The largest absolute Gasteiger partial charge is 0.399 e. The SMILES string of the molecule is COC[C@H](N)c1cc(N)ccc1F. The zero-order chi connectivity index (χ0) is 9.84. The Balaban J connectivity index is 2.91. The highest BCUT2D eigenvalue weighted by Crippen LogP contribution is 2.18. The van der Waals surface area contributed by atoms with Gasteiger partial charge in [0.2, 0.25) is 0 Å². The van der Waals surface area contributed by atoms with E-state index >= 15 is 0 Å². The van der Waals surface area contributed by atoms with Crippen LogP contribution in [0.2, 0.25) is 0 Å². The van der Waals surface area contributed by atoms with E-state index in [4.69, 9.17) is 16.2 Å². The lowest BCUT2D eigenvalue weighted by Crippen LogP contribution is -2.17. The molecule has 0 fully saturated rings. The zero-order valence-electron chi connectivity index (χ0n) is 7.46. The smallest absolute Gasteiger partial charge is 0.128 e. The highest BCUT2D eigenvalue weighted by molar-refractivity contribution is 5.42. The Bertz CT molecular complexity index is 291. The average Bonchev–Trinajstić information content (AvgIpc) is 2.09. The Morgan fingerprint density at radius 3 is 2.85 bits per heavy atom. The fourth-order valence-corrected chi connectivity index (χ4v) is 1.12. The van der Waals surface area contributed by atoms with E-state index in [9.17, 15) is 4.39 Å². The summed E-state index contributed by atoms with van der Waals surface area (Å²) in [6, 6.07) is 3.87. The van der Waals surface area contributed by atoms with E-state index in [2.05, 4.69) is 0 Å². The van der Waals surface area contributed by atoms with Gasteiger partial charge in [0.05, 0.1) is 12.6 Å². The minimum Gasteiger partial charge on any atom is -0.399 e. The summed E-state index contributed by atoms with van der Waals surface area (Å²) in [6.07, 6.45) is 0. The molecule has 3 nitrogen and oxygen atoms in total. The molecule has 13 heavy (non-hydrogen) atoms. The van der Waals surface area contributed by atoms with Gasteiger partial charge in [-0.05, 0) is 18.2 Å². The van der Waals surface area contributed by atoms with Gasteiger partial charge in [0, 0.05) is 18.4 Å². The molecule has 72 valence electrons. The first-order valence-corrected chi connectivity index (χ1v) is 3.94. The molecule has 0 aliphatic rings. The molecule has 0 radical (unpaired) electrons. The van der Waals surface area contributed by atoms with Crippen LogP contribution in [0.5, 0.6) is 0 Å². The predicted molar refractivity (Wildman–Crippen MR) is 49.6 cm³/mol. The van der Waals surface area contributed by atoms with Crippen molar-refractivity contribution >= 4 is 5.69 Å². The summed E-state index contributed by atoms with van der Waals surface area (Å²) in [5.41, 5.74) is 12.0. The first kappa shape index (κ1) is 9.95. The van der Waals surface area contributed by atoms with Crippen LogP contribution in [0.4, 0.5) is 10.1 Å². The Morgan fingerprint density at radius 2 is 2.23 bits per heavy atom. The van der Waals surface area contributed by atoms with E-state index in [1.54, 1.807) is 0 Å². The van der Waals surface area contributed by atoms with E-state index in [1.165, 1.54) is 25.3 Å². The van der Waals surface area contributed by atoms with Crippen molar-refractivity contribution in [3.8, 4) is 0 Å². The third kappa shape index (κ3) is 2.40. The van der Waals surface area contributed by atoms with Gasteiger partial charge in [-0.2, -0.15) is 0 Å². The molecule has 0 spiro atoms. The van der Waals surface area contributed by atoms with Crippen molar-refractivity contribution in [3.05, 3.63) is 29.6 Å². The minimum atomic E-state index is -0.464. The average molecular weight is 184 g/mol. The lowest BCUT2D eigenvalue weighted by Gasteiger charge is -2.12. The van der Waals surface area contributed by atoms with E-state index in [1.807, 2.05) is 0 Å². The summed E-state index contributed by atoms with van der Waals surface area (Å²) < 4.78 is 18.0. The number of halogens is 1. The third-order valence-corrected chi connectivity index (χ3v) is 1.77. The van der Waals surface area contributed by atoms with Crippen molar-refractivity contribution < 1.29 is 9.13 Å². The maximum absolute atomic E-state index is 13.2. The number of hydrogen-bond acceptors (Lipinski definition) is 3. The van der Waals surface area contributed by atoms with Crippen LogP contribution in [-0.2, 0) is 4.74 Å². The molecule has 4 heteroatoms. The molecular weight excluding hydrogens is 171 g/mol. The molecular formula is C9H13FN2O. The highest BCUT2D eigenvalue weighted by Gasteiger charge is 2.10. The second kappa shape index (κ2) is 4.20. The quantitative estimate of drug-likeness (QED) is 0.690. The van der Waals surface area contributed by atoms with E-state index in [-0.39, 0.29) is 12.4 Å². The summed E-state index contributed by atoms with van der Waals surface area (Å²) in [6.45, 7) is 0.278. The van der Waals surface area contributed by atoms with Crippen molar-refractivity contribution in [1.82, 2.24) is 0 Å². The summed E-state index contributed by atoms with van der Waals surface area (Å²) in [4.78, 5) is 0. The number of nitrogens with two attached hydrogens (primary N) is 2. The number of nitrogen functional groups attached to an aromatic ring is 1. The monoisotopic (exact) mass is 184 g/mol. The summed E-state index contributed by atoms with van der Waals surface area (Å²) in [7, 11) is 1.52. The van der Waals surface area contributed by atoms with Crippen LogP contribution in [0, 0.1) is 5.82 Å². The van der Waals surface area contributed by atoms with Crippen LogP contribution in [0.1, 0.15) is 11.6 Å². The van der Waals surface area contributed by atoms with Crippen LogP contribution < -0.4 is 11.5 Å². The topological polar surface area (TPSA) is 61.3 Å². The summed E-state index contributed by atoms with van der Waals surface area (Å²) >= 11 is 0. The number of ether oxygens (including phenoxy) is 1. The molecule has 0 saturated heterocycles. The van der Waals surface area contributed by atoms with Crippen LogP contribution in [0.25, 0.3) is 0 Å². The van der Waals surface area contributed by atoms with Gasteiger partial charge in [-0.15, -0.1) is 0 Å². The molecule has 1 atom stereocenters. The Morgan fingerprint density at radius 1 is 1.54 bits per heavy atom. The van der Waals surface area contributed by atoms with Crippen LogP contribution in [0.15, 0.2) is 18.2 Å². The number of benzene rings is 1. The predicted octanol–water partition coefficient (Wildman–Crippen LogP) is 1.05. The third-order valence-electron chi connectivity index (χ3n) is 1.77. The lowest BCUT2D eigenvalue weighted by atomic mass is 10.1. The van der Waals surface area contributed by atoms with Gasteiger partial charge in [-0.3, -0.25) is 0 Å². The first-order chi connectivity index (χ1) is 6.15. The van der Waals surface area contributed by atoms with Crippen LogP contribution in [-0.4, -0.2) is 13.7 Å². The lowest BCUT2D eigenvalue weighted by molar-refractivity contribution is 0.179.